The average molecular weight is 560 g/mol. The lowest BCUT2D eigenvalue weighted by Crippen LogP contribution is -2.40. The molecule has 6 nitrogen and oxygen atoms in total. The maximum atomic E-state index is 14.1. The second-order valence-corrected chi connectivity index (χ2v) is 10.8. The summed E-state index contributed by atoms with van der Waals surface area (Å²) in [7, 11) is 0. The third-order valence-electron chi connectivity index (χ3n) is 7.26. The Balaban J connectivity index is 1.60. The molecule has 5 aromatic rings. The fourth-order valence-corrected chi connectivity index (χ4v) is 6.43. The van der Waals surface area contributed by atoms with Gasteiger partial charge in [0.1, 0.15) is 0 Å². The van der Waals surface area contributed by atoms with Crippen molar-refractivity contribution in [2.24, 2.45) is 4.99 Å². The molecule has 0 spiro atoms. The van der Waals surface area contributed by atoms with Crippen LogP contribution in [0.4, 0.5) is 0 Å². The third kappa shape index (κ3) is 4.78. The minimum Gasteiger partial charge on any atom is -0.463 e. The van der Waals surface area contributed by atoms with Crippen molar-refractivity contribution in [3.63, 3.8) is 0 Å². The second-order valence-electron chi connectivity index (χ2n) is 9.84. The molecule has 0 N–H and O–H groups in total. The Kier molecular flexibility index (Phi) is 7.12. The molecule has 0 aliphatic carbocycles. The summed E-state index contributed by atoms with van der Waals surface area (Å²) in [6.07, 6.45) is 1.93. The molecule has 2 aromatic heterocycles. The number of thiazole rings is 1. The molecule has 1 aliphatic rings. The van der Waals surface area contributed by atoms with E-state index in [2.05, 4.69) is 36.6 Å². The van der Waals surface area contributed by atoms with Gasteiger partial charge in [0.15, 0.2) is 4.80 Å². The number of ether oxygens (including phenoxy) is 1. The van der Waals surface area contributed by atoms with Crippen LogP contribution in [-0.2, 0) is 9.53 Å². The summed E-state index contributed by atoms with van der Waals surface area (Å²) in [5, 5.41) is 0. The van der Waals surface area contributed by atoms with Crippen molar-refractivity contribution >= 4 is 29.1 Å². The van der Waals surface area contributed by atoms with E-state index < -0.39 is 12.0 Å². The Morgan fingerprint density at radius 2 is 1.59 bits per heavy atom. The van der Waals surface area contributed by atoms with Gasteiger partial charge in [-0.25, -0.2) is 9.79 Å². The summed E-state index contributed by atoms with van der Waals surface area (Å²) in [4.78, 5) is 33.2. The molecule has 6 rings (SSSR count). The van der Waals surface area contributed by atoms with Crippen LogP contribution in [-0.4, -0.2) is 21.7 Å². The number of rotatable bonds is 6. The Morgan fingerprint density at radius 3 is 2.24 bits per heavy atom. The number of carbonyl (C=O) groups is 1. The summed E-state index contributed by atoms with van der Waals surface area (Å²) in [6.45, 7) is 6.11. The Morgan fingerprint density at radius 1 is 0.951 bits per heavy atom. The van der Waals surface area contributed by atoms with Crippen molar-refractivity contribution in [3.8, 4) is 5.69 Å². The summed E-state index contributed by atoms with van der Waals surface area (Å²) in [6, 6.07) is 30.8. The summed E-state index contributed by atoms with van der Waals surface area (Å²) >= 11 is 1.33. The van der Waals surface area contributed by atoms with Gasteiger partial charge < -0.3 is 9.30 Å². The van der Waals surface area contributed by atoms with Gasteiger partial charge in [-0.2, -0.15) is 0 Å². The van der Waals surface area contributed by atoms with Crippen LogP contribution in [0.1, 0.15) is 41.0 Å². The van der Waals surface area contributed by atoms with Crippen LogP contribution >= 0.6 is 11.3 Å². The predicted octanol–water partition coefficient (Wildman–Crippen LogP) is 5.34. The molecule has 0 saturated heterocycles. The van der Waals surface area contributed by atoms with E-state index >= 15 is 0 Å². The first kappa shape index (κ1) is 26.5. The molecular formula is C34H29N3O3S. The van der Waals surface area contributed by atoms with E-state index in [9.17, 15) is 9.59 Å². The van der Waals surface area contributed by atoms with Gasteiger partial charge in [-0.15, -0.1) is 0 Å². The minimum absolute atomic E-state index is 0.193. The third-order valence-corrected chi connectivity index (χ3v) is 8.24. The van der Waals surface area contributed by atoms with Crippen molar-refractivity contribution in [2.75, 3.05) is 6.61 Å². The van der Waals surface area contributed by atoms with E-state index in [1.807, 2.05) is 84.9 Å². The largest absolute Gasteiger partial charge is 0.463 e. The van der Waals surface area contributed by atoms with E-state index in [1.54, 1.807) is 11.5 Å². The smallest absolute Gasteiger partial charge is 0.338 e. The number of esters is 1. The molecule has 0 saturated carbocycles. The van der Waals surface area contributed by atoms with E-state index in [0.717, 1.165) is 33.8 Å². The number of hydrogen-bond donors (Lipinski definition) is 0. The molecule has 204 valence electrons. The zero-order valence-electron chi connectivity index (χ0n) is 23.1. The van der Waals surface area contributed by atoms with Gasteiger partial charge in [-0.3, -0.25) is 9.36 Å². The molecule has 0 bridgehead atoms. The molecule has 1 atom stereocenters. The summed E-state index contributed by atoms with van der Waals surface area (Å²) < 4.78 is 9.91. The van der Waals surface area contributed by atoms with Crippen LogP contribution in [0.25, 0.3) is 17.5 Å². The fraction of sp³-hybridized carbons (Fsp3) is 0.147. The molecule has 0 unspecified atom stereocenters. The van der Waals surface area contributed by atoms with Crippen LogP contribution < -0.4 is 14.9 Å². The lowest BCUT2D eigenvalue weighted by Gasteiger charge is -2.25. The van der Waals surface area contributed by atoms with Crippen LogP contribution in [0, 0.1) is 13.8 Å². The van der Waals surface area contributed by atoms with Crippen LogP contribution in [0.2, 0.25) is 0 Å². The Labute approximate surface area is 241 Å². The molecule has 3 heterocycles. The highest BCUT2D eigenvalue weighted by Gasteiger charge is 2.35. The highest BCUT2D eigenvalue weighted by Crippen LogP contribution is 2.35. The van der Waals surface area contributed by atoms with Gasteiger partial charge in [0.2, 0.25) is 0 Å². The normalized spacial score (nSPS) is 15.0. The van der Waals surface area contributed by atoms with Gasteiger partial charge in [-0.1, -0.05) is 90.2 Å². The summed E-state index contributed by atoms with van der Waals surface area (Å²) in [5.41, 5.74) is 6.43. The van der Waals surface area contributed by atoms with E-state index in [4.69, 9.17) is 9.73 Å². The molecular weight excluding hydrogens is 530 g/mol. The lowest BCUT2D eigenvalue weighted by molar-refractivity contribution is -0.138. The van der Waals surface area contributed by atoms with Crippen LogP contribution in [0.5, 0.6) is 0 Å². The van der Waals surface area contributed by atoms with Crippen LogP contribution in [0.3, 0.4) is 0 Å². The number of hydrogen-bond acceptors (Lipinski definition) is 5. The Bertz CT molecular complexity index is 1950. The molecule has 0 amide bonds. The lowest BCUT2D eigenvalue weighted by atomic mass is 9.93. The monoisotopic (exact) mass is 559 g/mol. The van der Waals surface area contributed by atoms with E-state index in [1.165, 1.54) is 11.3 Å². The van der Waals surface area contributed by atoms with E-state index in [-0.39, 0.29) is 12.2 Å². The summed E-state index contributed by atoms with van der Waals surface area (Å²) in [5.74, 6) is -0.482. The average Bonchev–Trinajstić information content (AvgIpc) is 3.47. The minimum atomic E-state index is -0.680. The number of para-hydroxylation sites is 1. The van der Waals surface area contributed by atoms with Crippen molar-refractivity contribution in [1.29, 1.82) is 0 Å². The van der Waals surface area contributed by atoms with Gasteiger partial charge in [0.05, 0.1) is 28.5 Å². The van der Waals surface area contributed by atoms with Crippen molar-refractivity contribution in [3.05, 3.63) is 150 Å². The highest BCUT2D eigenvalue weighted by atomic mass is 32.1. The molecule has 41 heavy (non-hydrogen) atoms. The number of benzene rings is 3. The first-order valence-corrected chi connectivity index (χ1v) is 14.4. The van der Waals surface area contributed by atoms with Gasteiger partial charge in [0.25, 0.3) is 5.56 Å². The fourth-order valence-electron chi connectivity index (χ4n) is 5.44. The molecule has 1 aliphatic heterocycles. The first-order chi connectivity index (χ1) is 20.0. The van der Waals surface area contributed by atoms with Crippen molar-refractivity contribution in [2.45, 2.75) is 26.8 Å². The standard InChI is InChI=1S/C34H29N3O3S/c1-4-40-33(39)29-30(24-14-8-5-9-15-24)35-34-37(31(29)25-16-10-6-11-17-25)32(38)28(41-34)21-26-20-22(2)36(23(26)3)27-18-12-7-13-19-27/h5-21,31H,4H2,1-3H3/b28-21-/t31-/m1/s1. The molecule has 0 fully saturated rings. The van der Waals surface area contributed by atoms with Gasteiger partial charge in [-0.05, 0) is 56.2 Å². The van der Waals surface area contributed by atoms with Gasteiger partial charge in [0, 0.05) is 22.6 Å². The number of aryl methyl sites for hydroxylation is 1. The zero-order chi connectivity index (χ0) is 28.5. The quantitative estimate of drug-likeness (QED) is 0.264. The van der Waals surface area contributed by atoms with E-state index in [0.29, 0.717) is 20.6 Å². The predicted molar refractivity (Wildman–Crippen MR) is 163 cm³/mol. The SMILES string of the molecule is CCOC(=O)C1=C(c2ccccc2)N=c2s/c(=C\c3cc(C)n(-c4ccccc4)c3C)c(=O)n2[C@@H]1c1ccccc1. The zero-order valence-corrected chi connectivity index (χ0v) is 23.9. The maximum Gasteiger partial charge on any atom is 0.338 e. The molecule has 3 aromatic carbocycles. The van der Waals surface area contributed by atoms with Crippen molar-refractivity contribution < 1.29 is 9.53 Å². The van der Waals surface area contributed by atoms with Crippen molar-refractivity contribution in [1.82, 2.24) is 9.13 Å². The number of aromatic nitrogens is 2. The van der Waals surface area contributed by atoms with Crippen LogP contribution in [0.15, 0.2) is 112 Å². The highest BCUT2D eigenvalue weighted by molar-refractivity contribution is 7.07. The van der Waals surface area contributed by atoms with Gasteiger partial charge >= 0.3 is 5.97 Å². The number of carbonyl (C=O) groups excluding carboxylic acids is 1. The first-order valence-electron chi connectivity index (χ1n) is 13.6. The number of fused-ring (bicyclic) bond motifs is 1. The molecule has 0 radical (unpaired) electrons. The topological polar surface area (TPSA) is 65.6 Å². The Hall–Kier alpha value is -4.75. The number of nitrogens with zero attached hydrogens (tertiary/aromatic N) is 3. The maximum absolute atomic E-state index is 14.1. The second kappa shape index (κ2) is 11.0. The molecule has 7 heteroatoms.